The van der Waals surface area contributed by atoms with Crippen molar-refractivity contribution in [2.45, 2.75) is 25.9 Å². The molecule has 3 rings (SSSR count). The molecule has 1 unspecified atom stereocenters. The van der Waals surface area contributed by atoms with Crippen LogP contribution >= 0.6 is 0 Å². The molecule has 2 aliphatic rings. The molecule has 0 spiro atoms. The Bertz CT molecular complexity index is 651. The van der Waals surface area contributed by atoms with Gasteiger partial charge >= 0.3 is 0 Å². The number of nitrogens with zero attached hydrogens (tertiary/aromatic N) is 2. The number of fused-ring (bicyclic) bond motifs is 1. The van der Waals surface area contributed by atoms with Crippen LogP contribution in [0.15, 0.2) is 31.0 Å². The second-order valence-corrected chi connectivity index (χ2v) is 5.03. The molecule has 5 nitrogen and oxygen atoms in total. The molecule has 2 heterocycles. The Morgan fingerprint density at radius 1 is 1.20 bits per heavy atom. The Morgan fingerprint density at radius 3 is 2.60 bits per heavy atom. The largest absolute Gasteiger partial charge is 0.298 e. The lowest BCUT2D eigenvalue weighted by Crippen LogP contribution is -2.46. The molecular weight excluding hydrogens is 256 g/mol. The molecule has 20 heavy (non-hydrogen) atoms. The summed E-state index contributed by atoms with van der Waals surface area (Å²) in [4.78, 5) is 39.1. The number of rotatable bonds is 2. The van der Waals surface area contributed by atoms with Crippen LogP contribution in [0.25, 0.3) is 0 Å². The van der Waals surface area contributed by atoms with E-state index in [9.17, 15) is 14.4 Å². The van der Waals surface area contributed by atoms with E-state index in [1.807, 2.05) is 6.92 Å². The minimum atomic E-state index is -0.548. The minimum absolute atomic E-state index is 0.113. The molecule has 2 aliphatic heterocycles. The van der Waals surface area contributed by atoms with Crippen molar-refractivity contribution < 1.29 is 14.4 Å². The fraction of sp³-hybridized carbons (Fsp3) is 0.267. The van der Waals surface area contributed by atoms with E-state index < -0.39 is 6.17 Å². The van der Waals surface area contributed by atoms with Crippen LogP contribution in [0.2, 0.25) is 0 Å². The van der Waals surface area contributed by atoms with Crippen LogP contribution in [0.4, 0.5) is 0 Å². The fourth-order valence-electron chi connectivity index (χ4n) is 2.81. The van der Waals surface area contributed by atoms with Crippen molar-refractivity contribution in [1.29, 1.82) is 0 Å². The van der Waals surface area contributed by atoms with Gasteiger partial charge in [-0.25, -0.2) is 0 Å². The first-order valence-electron chi connectivity index (χ1n) is 6.47. The van der Waals surface area contributed by atoms with Gasteiger partial charge in [0.1, 0.15) is 6.17 Å². The van der Waals surface area contributed by atoms with Crippen molar-refractivity contribution in [2.75, 3.05) is 0 Å². The van der Waals surface area contributed by atoms with Gasteiger partial charge in [-0.15, -0.1) is 0 Å². The summed E-state index contributed by atoms with van der Waals surface area (Å²) in [7, 11) is 0. The highest BCUT2D eigenvalue weighted by Gasteiger charge is 2.45. The molecule has 0 aliphatic carbocycles. The molecule has 0 radical (unpaired) electrons. The summed E-state index contributed by atoms with van der Waals surface area (Å²) in [6, 6.07) is 5.18. The normalized spacial score (nSPS) is 21.6. The van der Waals surface area contributed by atoms with E-state index in [4.69, 9.17) is 0 Å². The van der Waals surface area contributed by atoms with Crippen molar-refractivity contribution >= 4 is 17.7 Å². The monoisotopic (exact) mass is 270 g/mol. The molecule has 1 fully saturated rings. The van der Waals surface area contributed by atoms with E-state index in [0.717, 1.165) is 5.56 Å². The number of carbonyl (C=O) groups excluding carboxylic acids is 3. The van der Waals surface area contributed by atoms with Gasteiger partial charge in [0.05, 0.1) is 11.1 Å². The Hall–Kier alpha value is -2.43. The van der Waals surface area contributed by atoms with E-state index in [1.54, 1.807) is 18.2 Å². The maximum absolute atomic E-state index is 12.4. The van der Waals surface area contributed by atoms with E-state index in [1.165, 1.54) is 16.0 Å². The minimum Gasteiger partial charge on any atom is -0.298 e. The van der Waals surface area contributed by atoms with Gasteiger partial charge in [-0.05, 0) is 25.5 Å². The first-order chi connectivity index (χ1) is 9.54. The number of hydrogen-bond donors (Lipinski definition) is 0. The number of imide groups is 1. The maximum atomic E-state index is 12.4. The number of amides is 3. The van der Waals surface area contributed by atoms with E-state index in [2.05, 4.69) is 6.58 Å². The van der Waals surface area contributed by atoms with Crippen LogP contribution in [0.5, 0.6) is 0 Å². The topological polar surface area (TPSA) is 57.7 Å². The van der Waals surface area contributed by atoms with Gasteiger partial charge in [0, 0.05) is 12.6 Å². The molecule has 1 saturated heterocycles. The van der Waals surface area contributed by atoms with E-state index in [-0.39, 0.29) is 17.7 Å². The lowest BCUT2D eigenvalue weighted by molar-refractivity contribution is -0.127. The predicted molar refractivity (Wildman–Crippen MR) is 71.7 cm³/mol. The zero-order valence-corrected chi connectivity index (χ0v) is 11.1. The Morgan fingerprint density at radius 2 is 1.90 bits per heavy atom. The predicted octanol–water partition coefficient (Wildman–Crippen LogP) is 1.68. The highest BCUT2D eigenvalue weighted by Crippen LogP contribution is 2.31. The number of hydrogen-bond acceptors (Lipinski definition) is 3. The van der Waals surface area contributed by atoms with Gasteiger partial charge in [0.15, 0.2) is 0 Å². The van der Waals surface area contributed by atoms with Gasteiger partial charge in [-0.1, -0.05) is 18.2 Å². The van der Waals surface area contributed by atoms with Crippen molar-refractivity contribution in [3.8, 4) is 0 Å². The SMILES string of the molecule is C=CN1C(=O)CCC1N1C(=O)c2ccc(C)cc2C1=O. The molecule has 1 atom stereocenters. The van der Waals surface area contributed by atoms with Crippen molar-refractivity contribution in [1.82, 2.24) is 9.80 Å². The highest BCUT2D eigenvalue weighted by molar-refractivity contribution is 6.21. The Balaban J connectivity index is 2.02. The van der Waals surface area contributed by atoms with Crippen molar-refractivity contribution in [3.05, 3.63) is 47.7 Å². The van der Waals surface area contributed by atoms with Crippen LogP contribution in [0, 0.1) is 6.92 Å². The first-order valence-corrected chi connectivity index (χ1v) is 6.47. The number of benzene rings is 1. The van der Waals surface area contributed by atoms with Crippen molar-refractivity contribution in [3.63, 3.8) is 0 Å². The van der Waals surface area contributed by atoms with Crippen LogP contribution in [-0.4, -0.2) is 33.7 Å². The molecular formula is C15H14N2O3. The molecule has 1 aromatic carbocycles. The Kier molecular flexibility index (Phi) is 2.71. The lowest BCUT2D eigenvalue weighted by atomic mass is 10.1. The third kappa shape index (κ3) is 1.59. The zero-order valence-electron chi connectivity index (χ0n) is 11.1. The molecule has 1 aromatic rings. The summed E-state index contributed by atoms with van der Waals surface area (Å²) in [6.07, 6.45) is 1.61. The van der Waals surface area contributed by atoms with Gasteiger partial charge in [0.25, 0.3) is 11.8 Å². The maximum Gasteiger partial charge on any atom is 0.263 e. The Labute approximate surface area is 116 Å². The fourth-order valence-corrected chi connectivity index (χ4v) is 2.81. The first kappa shape index (κ1) is 12.6. The van der Waals surface area contributed by atoms with Crippen LogP contribution < -0.4 is 0 Å². The average molecular weight is 270 g/mol. The second kappa shape index (κ2) is 4.30. The second-order valence-electron chi connectivity index (χ2n) is 5.03. The summed E-state index contributed by atoms with van der Waals surface area (Å²) in [6.45, 7) is 5.45. The smallest absolute Gasteiger partial charge is 0.263 e. The molecule has 102 valence electrons. The molecule has 0 N–H and O–H groups in total. The quantitative estimate of drug-likeness (QED) is 0.768. The van der Waals surface area contributed by atoms with Gasteiger partial charge in [0.2, 0.25) is 5.91 Å². The molecule has 0 aromatic heterocycles. The third-order valence-corrected chi connectivity index (χ3v) is 3.79. The summed E-state index contributed by atoms with van der Waals surface area (Å²) in [5, 5.41) is 0. The summed E-state index contributed by atoms with van der Waals surface area (Å²) in [5.41, 5.74) is 1.75. The van der Waals surface area contributed by atoms with Crippen LogP contribution in [-0.2, 0) is 4.79 Å². The van der Waals surface area contributed by atoms with Crippen LogP contribution in [0.3, 0.4) is 0 Å². The van der Waals surface area contributed by atoms with Crippen LogP contribution in [0.1, 0.15) is 39.1 Å². The standard InChI is InChI=1S/C15H14N2O3/c1-3-16-12(6-7-13(16)18)17-14(19)10-5-4-9(2)8-11(10)15(17)20/h3-5,8,12H,1,6-7H2,2H3. The van der Waals surface area contributed by atoms with E-state index in [0.29, 0.717) is 24.0 Å². The van der Waals surface area contributed by atoms with Gasteiger partial charge in [-0.3, -0.25) is 24.2 Å². The highest BCUT2D eigenvalue weighted by atomic mass is 16.2. The summed E-state index contributed by atoms with van der Waals surface area (Å²) >= 11 is 0. The average Bonchev–Trinajstić information content (AvgIpc) is 2.89. The molecule has 0 saturated carbocycles. The number of aryl methyl sites for hydroxylation is 1. The zero-order chi connectivity index (χ0) is 14.4. The number of likely N-dealkylation sites (tertiary alicyclic amines) is 1. The van der Waals surface area contributed by atoms with Gasteiger partial charge in [-0.2, -0.15) is 0 Å². The number of carbonyl (C=O) groups is 3. The third-order valence-electron chi connectivity index (χ3n) is 3.79. The molecule has 3 amide bonds. The summed E-state index contributed by atoms with van der Waals surface area (Å²) < 4.78 is 0. The van der Waals surface area contributed by atoms with Gasteiger partial charge < -0.3 is 0 Å². The lowest BCUT2D eigenvalue weighted by Gasteiger charge is -2.28. The van der Waals surface area contributed by atoms with E-state index >= 15 is 0 Å². The summed E-state index contributed by atoms with van der Waals surface area (Å²) in [5.74, 6) is -0.783. The molecule has 5 heteroatoms. The van der Waals surface area contributed by atoms with Crippen molar-refractivity contribution in [2.24, 2.45) is 0 Å². The molecule has 0 bridgehead atoms.